The molecule has 1 unspecified atom stereocenters. The van der Waals surface area contributed by atoms with Crippen LogP contribution in [-0.2, 0) is 13.0 Å². The number of aromatic nitrogens is 2. The van der Waals surface area contributed by atoms with Gasteiger partial charge in [0, 0.05) is 24.5 Å². The van der Waals surface area contributed by atoms with Crippen LogP contribution >= 0.6 is 15.9 Å². The van der Waals surface area contributed by atoms with E-state index >= 15 is 0 Å². The summed E-state index contributed by atoms with van der Waals surface area (Å²) in [4.78, 5) is 2.56. The Balaban J connectivity index is 2.14. The molecule has 0 amide bonds. The van der Waals surface area contributed by atoms with Gasteiger partial charge in [-0.05, 0) is 69.6 Å². The van der Waals surface area contributed by atoms with E-state index in [1.54, 1.807) is 0 Å². The normalized spacial score (nSPS) is 19.0. The molecule has 21 heavy (non-hydrogen) atoms. The van der Waals surface area contributed by atoms with E-state index in [0.29, 0.717) is 0 Å². The fourth-order valence-corrected chi connectivity index (χ4v) is 3.67. The first-order chi connectivity index (χ1) is 9.87. The van der Waals surface area contributed by atoms with Crippen LogP contribution < -0.4 is 5.73 Å². The highest BCUT2D eigenvalue weighted by molar-refractivity contribution is 9.10. The lowest BCUT2D eigenvalue weighted by Crippen LogP contribution is -2.58. The van der Waals surface area contributed by atoms with Gasteiger partial charge in [0.1, 0.15) is 0 Å². The quantitative estimate of drug-likeness (QED) is 0.881. The molecule has 1 aromatic rings. The number of hydrogen-bond donors (Lipinski definition) is 1. The number of rotatable bonds is 5. The van der Waals surface area contributed by atoms with Crippen molar-refractivity contribution in [2.45, 2.75) is 71.5 Å². The summed E-state index contributed by atoms with van der Waals surface area (Å²) >= 11 is 3.68. The minimum absolute atomic E-state index is 0.0244. The van der Waals surface area contributed by atoms with Gasteiger partial charge in [-0.15, -0.1) is 0 Å². The molecule has 1 aliphatic heterocycles. The summed E-state index contributed by atoms with van der Waals surface area (Å²) in [6.07, 6.45) is 4.81. The Kier molecular flexibility index (Phi) is 5.49. The first-order valence-corrected chi connectivity index (χ1v) is 8.89. The lowest BCUT2D eigenvalue weighted by molar-refractivity contribution is 0.0725. The maximum atomic E-state index is 6.61. The van der Waals surface area contributed by atoms with Crippen molar-refractivity contribution in [3.05, 3.63) is 15.9 Å². The van der Waals surface area contributed by atoms with E-state index in [2.05, 4.69) is 51.4 Å². The lowest BCUT2D eigenvalue weighted by atomic mass is 9.88. The minimum Gasteiger partial charge on any atom is -0.326 e. The number of nitrogens with two attached hydrogens (primary N) is 1. The summed E-state index contributed by atoms with van der Waals surface area (Å²) in [7, 11) is 0. The third-order valence-corrected chi connectivity index (χ3v) is 5.98. The molecule has 120 valence electrons. The van der Waals surface area contributed by atoms with Crippen LogP contribution in [0.25, 0.3) is 0 Å². The van der Waals surface area contributed by atoms with Crippen LogP contribution in [0.3, 0.4) is 0 Å². The van der Waals surface area contributed by atoms with Gasteiger partial charge < -0.3 is 5.73 Å². The van der Waals surface area contributed by atoms with Crippen molar-refractivity contribution in [2.75, 3.05) is 13.1 Å². The van der Waals surface area contributed by atoms with E-state index in [9.17, 15) is 0 Å². The maximum Gasteiger partial charge on any atom is 0.0738 e. The van der Waals surface area contributed by atoms with Crippen LogP contribution in [0.4, 0.5) is 0 Å². The number of hydrogen-bond acceptors (Lipinski definition) is 3. The number of halogens is 1. The van der Waals surface area contributed by atoms with E-state index in [4.69, 9.17) is 5.73 Å². The molecule has 5 heteroatoms. The van der Waals surface area contributed by atoms with Crippen LogP contribution in [0.2, 0.25) is 0 Å². The molecule has 2 N–H and O–H groups in total. The molecule has 4 nitrogen and oxygen atoms in total. The molecular weight excluding hydrogens is 328 g/mol. The Bertz CT molecular complexity index is 475. The Hall–Kier alpha value is -0.390. The molecule has 0 spiro atoms. The van der Waals surface area contributed by atoms with Crippen LogP contribution in [0, 0.1) is 6.92 Å². The predicted molar refractivity (Wildman–Crippen MR) is 91.5 cm³/mol. The first-order valence-electron chi connectivity index (χ1n) is 8.10. The second-order valence-electron chi connectivity index (χ2n) is 6.67. The van der Waals surface area contributed by atoms with E-state index < -0.39 is 0 Å². The van der Waals surface area contributed by atoms with Crippen molar-refractivity contribution in [3.63, 3.8) is 0 Å². The highest BCUT2D eigenvalue weighted by Crippen LogP contribution is 2.28. The molecule has 2 rings (SSSR count). The molecule has 1 fully saturated rings. The number of piperidine rings is 1. The zero-order valence-electron chi connectivity index (χ0n) is 13.8. The Morgan fingerprint density at radius 3 is 2.48 bits per heavy atom. The Labute approximate surface area is 137 Å². The van der Waals surface area contributed by atoms with Gasteiger partial charge >= 0.3 is 0 Å². The van der Waals surface area contributed by atoms with Gasteiger partial charge in [0.15, 0.2) is 0 Å². The molecule has 0 aliphatic carbocycles. The maximum absolute atomic E-state index is 6.61. The summed E-state index contributed by atoms with van der Waals surface area (Å²) in [5.74, 6) is 0. The average Bonchev–Trinajstić information content (AvgIpc) is 2.75. The molecule has 0 aromatic carbocycles. The molecule has 0 radical (unpaired) electrons. The van der Waals surface area contributed by atoms with E-state index in [0.717, 1.165) is 23.1 Å². The molecule has 1 aromatic heterocycles. The SMILES string of the molecule is CCn1nc(C)c(Br)c1CC(N)C(C)(C)N1CCCCC1. The molecule has 2 heterocycles. The van der Waals surface area contributed by atoms with Crippen molar-refractivity contribution >= 4 is 15.9 Å². The second kappa shape index (κ2) is 6.80. The number of likely N-dealkylation sites (tertiary alicyclic amines) is 1. The van der Waals surface area contributed by atoms with Gasteiger partial charge in [0.25, 0.3) is 0 Å². The molecule has 0 saturated carbocycles. The van der Waals surface area contributed by atoms with Crippen LogP contribution in [-0.4, -0.2) is 39.4 Å². The highest BCUT2D eigenvalue weighted by atomic mass is 79.9. The minimum atomic E-state index is 0.0244. The van der Waals surface area contributed by atoms with E-state index in [-0.39, 0.29) is 11.6 Å². The summed E-state index contributed by atoms with van der Waals surface area (Å²) in [6, 6.07) is 0.105. The van der Waals surface area contributed by atoms with Crippen molar-refractivity contribution in [1.29, 1.82) is 0 Å². The van der Waals surface area contributed by atoms with Gasteiger partial charge in [-0.25, -0.2) is 0 Å². The zero-order valence-corrected chi connectivity index (χ0v) is 15.4. The van der Waals surface area contributed by atoms with Crippen LogP contribution in [0.15, 0.2) is 4.47 Å². The van der Waals surface area contributed by atoms with Crippen molar-refractivity contribution in [3.8, 4) is 0 Å². The highest BCUT2D eigenvalue weighted by Gasteiger charge is 2.34. The number of nitrogens with zero attached hydrogens (tertiary/aromatic N) is 3. The van der Waals surface area contributed by atoms with Gasteiger partial charge in [0.05, 0.1) is 15.9 Å². The third kappa shape index (κ3) is 3.51. The fraction of sp³-hybridized carbons (Fsp3) is 0.812. The topological polar surface area (TPSA) is 47.1 Å². The Morgan fingerprint density at radius 1 is 1.29 bits per heavy atom. The van der Waals surface area contributed by atoms with Gasteiger partial charge in [-0.2, -0.15) is 5.10 Å². The van der Waals surface area contributed by atoms with Gasteiger partial charge in [-0.3, -0.25) is 9.58 Å². The molecule has 0 bridgehead atoms. The average molecular weight is 357 g/mol. The first kappa shape index (κ1) is 17.0. The molecule has 1 atom stereocenters. The number of aryl methyl sites for hydroxylation is 2. The Morgan fingerprint density at radius 2 is 1.90 bits per heavy atom. The third-order valence-electron chi connectivity index (χ3n) is 4.94. The van der Waals surface area contributed by atoms with Gasteiger partial charge in [0.2, 0.25) is 0 Å². The molecular formula is C16H29BrN4. The van der Waals surface area contributed by atoms with Gasteiger partial charge in [-0.1, -0.05) is 6.42 Å². The largest absolute Gasteiger partial charge is 0.326 e. The predicted octanol–water partition coefficient (Wildman–Crippen LogP) is 3.11. The monoisotopic (exact) mass is 356 g/mol. The van der Waals surface area contributed by atoms with E-state index in [1.165, 1.54) is 38.0 Å². The summed E-state index contributed by atoms with van der Waals surface area (Å²) in [5, 5.41) is 4.58. The standard InChI is InChI=1S/C16H29BrN4/c1-5-21-13(15(17)12(2)19-21)11-14(18)16(3,4)20-9-7-6-8-10-20/h14H,5-11,18H2,1-4H3. The fourth-order valence-electron chi connectivity index (χ4n) is 3.23. The van der Waals surface area contributed by atoms with Crippen LogP contribution in [0.1, 0.15) is 51.4 Å². The second-order valence-corrected chi connectivity index (χ2v) is 7.47. The lowest BCUT2D eigenvalue weighted by Gasteiger charge is -2.44. The van der Waals surface area contributed by atoms with Crippen molar-refractivity contribution in [2.24, 2.45) is 5.73 Å². The smallest absolute Gasteiger partial charge is 0.0738 e. The zero-order chi connectivity index (χ0) is 15.6. The summed E-state index contributed by atoms with van der Waals surface area (Å²) in [6.45, 7) is 12.0. The van der Waals surface area contributed by atoms with E-state index in [1.807, 2.05) is 6.92 Å². The molecule has 1 aliphatic rings. The molecule has 1 saturated heterocycles. The summed E-state index contributed by atoms with van der Waals surface area (Å²) < 4.78 is 3.19. The van der Waals surface area contributed by atoms with Crippen molar-refractivity contribution < 1.29 is 0 Å². The van der Waals surface area contributed by atoms with Crippen LogP contribution in [0.5, 0.6) is 0 Å². The van der Waals surface area contributed by atoms with Crippen molar-refractivity contribution in [1.82, 2.24) is 14.7 Å². The summed E-state index contributed by atoms with van der Waals surface area (Å²) in [5.41, 5.74) is 8.92.